The molecule has 1 rings (SSSR count). The van der Waals surface area contributed by atoms with Crippen LogP contribution < -0.4 is 0 Å². The van der Waals surface area contributed by atoms with E-state index in [0.717, 1.165) is 6.42 Å². The third-order valence-corrected chi connectivity index (χ3v) is 1.09. The third-order valence-electron chi connectivity index (χ3n) is 1.09. The van der Waals surface area contributed by atoms with Gasteiger partial charge in [-0.05, 0) is 12.5 Å². The fourth-order valence-corrected chi connectivity index (χ4v) is 0.618. The minimum Gasteiger partial charge on any atom is -0.500 e. The highest BCUT2D eigenvalue weighted by molar-refractivity contribution is 4.93. The zero-order chi connectivity index (χ0) is 5.82. The van der Waals surface area contributed by atoms with Gasteiger partial charge in [0.15, 0.2) is 0 Å². The molecular formula is C6H7NO. The van der Waals surface area contributed by atoms with Gasteiger partial charge in [0.25, 0.3) is 0 Å². The summed E-state index contributed by atoms with van der Waals surface area (Å²) in [6.45, 7) is 0.562. The van der Waals surface area contributed by atoms with Gasteiger partial charge < -0.3 is 4.74 Å². The highest BCUT2D eigenvalue weighted by Crippen LogP contribution is 2.07. The maximum absolute atomic E-state index is 8.33. The fraction of sp³-hybridized carbons (Fsp3) is 0.500. The summed E-state index contributed by atoms with van der Waals surface area (Å²) in [5.74, 6) is 0.0833. The van der Waals surface area contributed by atoms with Crippen molar-refractivity contribution in [1.29, 1.82) is 5.26 Å². The summed E-state index contributed by atoms with van der Waals surface area (Å²) in [5.41, 5.74) is 0. The van der Waals surface area contributed by atoms with Crippen molar-refractivity contribution >= 4 is 0 Å². The van der Waals surface area contributed by atoms with Gasteiger partial charge in [-0.1, -0.05) is 0 Å². The van der Waals surface area contributed by atoms with Crippen molar-refractivity contribution < 1.29 is 4.74 Å². The van der Waals surface area contributed by atoms with Gasteiger partial charge in [0.2, 0.25) is 0 Å². The van der Waals surface area contributed by atoms with E-state index in [-0.39, 0.29) is 5.92 Å². The zero-order valence-corrected chi connectivity index (χ0v) is 4.50. The Morgan fingerprint density at radius 2 is 2.62 bits per heavy atom. The monoisotopic (exact) mass is 109 g/mol. The zero-order valence-electron chi connectivity index (χ0n) is 4.50. The van der Waals surface area contributed by atoms with Gasteiger partial charge in [-0.25, -0.2) is 0 Å². The van der Waals surface area contributed by atoms with Gasteiger partial charge in [0.1, 0.15) is 6.61 Å². The first-order valence-corrected chi connectivity index (χ1v) is 2.59. The smallest absolute Gasteiger partial charge is 0.103 e. The van der Waals surface area contributed by atoms with Crippen LogP contribution in [-0.2, 0) is 4.74 Å². The minimum absolute atomic E-state index is 0.0833. The van der Waals surface area contributed by atoms with Gasteiger partial charge in [-0.3, -0.25) is 0 Å². The summed E-state index contributed by atoms with van der Waals surface area (Å²) in [7, 11) is 0. The van der Waals surface area contributed by atoms with Crippen LogP contribution in [0.1, 0.15) is 6.42 Å². The van der Waals surface area contributed by atoms with E-state index in [1.807, 2.05) is 6.08 Å². The summed E-state index contributed by atoms with van der Waals surface area (Å²) in [6, 6.07) is 2.13. The normalized spacial score (nSPS) is 26.1. The van der Waals surface area contributed by atoms with Crippen molar-refractivity contribution in [3.63, 3.8) is 0 Å². The molecule has 0 saturated heterocycles. The first-order valence-electron chi connectivity index (χ1n) is 2.59. The molecule has 0 radical (unpaired) electrons. The second-order valence-corrected chi connectivity index (χ2v) is 1.77. The van der Waals surface area contributed by atoms with Crippen molar-refractivity contribution in [3.05, 3.63) is 12.3 Å². The maximum atomic E-state index is 8.33. The van der Waals surface area contributed by atoms with Crippen LogP contribution in [0.25, 0.3) is 0 Å². The van der Waals surface area contributed by atoms with Crippen molar-refractivity contribution in [2.24, 2.45) is 5.92 Å². The molecule has 0 fully saturated rings. The average molecular weight is 109 g/mol. The van der Waals surface area contributed by atoms with Crippen molar-refractivity contribution in [1.82, 2.24) is 0 Å². The van der Waals surface area contributed by atoms with Gasteiger partial charge in [0, 0.05) is 0 Å². The summed E-state index contributed by atoms with van der Waals surface area (Å²) in [4.78, 5) is 0. The van der Waals surface area contributed by atoms with Crippen LogP contribution in [-0.4, -0.2) is 6.61 Å². The topological polar surface area (TPSA) is 33.0 Å². The minimum atomic E-state index is 0.0833. The van der Waals surface area contributed by atoms with Gasteiger partial charge >= 0.3 is 0 Å². The molecule has 42 valence electrons. The van der Waals surface area contributed by atoms with Gasteiger partial charge in [-0.2, -0.15) is 5.26 Å². The Morgan fingerprint density at radius 1 is 1.75 bits per heavy atom. The van der Waals surface area contributed by atoms with Crippen LogP contribution >= 0.6 is 0 Å². The number of nitriles is 1. The molecule has 0 aromatic rings. The molecule has 0 spiro atoms. The van der Waals surface area contributed by atoms with Gasteiger partial charge in [-0.15, -0.1) is 0 Å². The Labute approximate surface area is 48.4 Å². The molecular weight excluding hydrogens is 102 g/mol. The van der Waals surface area contributed by atoms with Crippen molar-refractivity contribution in [2.75, 3.05) is 6.61 Å². The number of ether oxygens (including phenoxy) is 1. The van der Waals surface area contributed by atoms with E-state index < -0.39 is 0 Å². The van der Waals surface area contributed by atoms with E-state index in [4.69, 9.17) is 10.00 Å². The predicted octanol–water partition coefficient (Wildman–Crippen LogP) is 1.06. The van der Waals surface area contributed by atoms with Crippen LogP contribution in [0.2, 0.25) is 0 Å². The third kappa shape index (κ3) is 1.00. The first-order chi connectivity index (χ1) is 3.93. The molecule has 0 bridgehead atoms. The lowest BCUT2D eigenvalue weighted by Crippen LogP contribution is -2.07. The van der Waals surface area contributed by atoms with E-state index >= 15 is 0 Å². The lowest BCUT2D eigenvalue weighted by atomic mass is 10.1. The standard InChI is InChI=1S/C6H7NO/c7-4-6-2-1-3-8-5-6/h1,3,6H,2,5H2. The van der Waals surface area contributed by atoms with Crippen molar-refractivity contribution in [2.45, 2.75) is 6.42 Å². The van der Waals surface area contributed by atoms with Crippen molar-refractivity contribution in [3.8, 4) is 6.07 Å². The summed E-state index contributed by atoms with van der Waals surface area (Å²) in [6.07, 6.45) is 4.36. The lowest BCUT2D eigenvalue weighted by Gasteiger charge is -2.09. The molecule has 0 N–H and O–H groups in total. The van der Waals surface area contributed by atoms with Crippen LogP contribution in [0, 0.1) is 17.2 Å². The van der Waals surface area contributed by atoms with Crippen LogP contribution in [0.5, 0.6) is 0 Å². The first kappa shape index (κ1) is 5.17. The predicted molar refractivity (Wildman–Crippen MR) is 28.8 cm³/mol. The number of hydrogen-bond acceptors (Lipinski definition) is 2. The molecule has 0 saturated carbocycles. The molecule has 0 aromatic heterocycles. The maximum Gasteiger partial charge on any atom is 0.103 e. The number of nitrogens with zero attached hydrogens (tertiary/aromatic N) is 1. The lowest BCUT2D eigenvalue weighted by molar-refractivity contribution is 0.202. The second kappa shape index (κ2) is 2.37. The molecule has 1 unspecified atom stereocenters. The quantitative estimate of drug-likeness (QED) is 0.466. The van der Waals surface area contributed by atoms with E-state index in [9.17, 15) is 0 Å². The number of rotatable bonds is 0. The largest absolute Gasteiger partial charge is 0.500 e. The molecule has 2 heteroatoms. The molecule has 0 aliphatic carbocycles. The van der Waals surface area contributed by atoms with Crippen LogP contribution in [0.3, 0.4) is 0 Å². The number of allylic oxidation sites excluding steroid dienone is 1. The summed E-state index contributed by atoms with van der Waals surface area (Å²) < 4.78 is 4.87. The molecule has 2 nitrogen and oxygen atoms in total. The molecule has 8 heavy (non-hydrogen) atoms. The summed E-state index contributed by atoms with van der Waals surface area (Å²) >= 11 is 0. The summed E-state index contributed by atoms with van der Waals surface area (Å²) in [5, 5.41) is 8.33. The Balaban J connectivity index is 2.41. The van der Waals surface area contributed by atoms with E-state index in [1.54, 1.807) is 6.26 Å². The van der Waals surface area contributed by atoms with Crippen LogP contribution in [0.15, 0.2) is 12.3 Å². The second-order valence-electron chi connectivity index (χ2n) is 1.77. The van der Waals surface area contributed by atoms with Crippen LogP contribution in [0.4, 0.5) is 0 Å². The molecule has 0 aromatic carbocycles. The Bertz CT molecular complexity index is 134. The fourth-order valence-electron chi connectivity index (χ4n) is 0.618. The Morgan fingerprint density at radius 3 is 3.00 bits per heavy atom. The Hall–Kier alpha value is -0.970. The highest BCUT2D eigenvalue weighted by atomic mass is 16.5. The SMILES string of the molecule is N#CC1CC=COC1. The molecule has 1 heterocycles. The molecule has 0 amide bonds. The number of hydrogen-bond donors (Lipinski definition) is 0. The van der Waals surface area contributed by atoms with E-state index in [0.29, 0.717) is 6.61 Å². The average Bonchev–Trinajstić information content (AvgIpc) is 1.90. The highest BCUT2D eigenvalue weighted by Gasteiger charge is 2.07. The molecule has 1 aliphatic rings. The van der Waals surface area contributed by atoms with E-state index in [1.165, 1.54) is 0 Å². The Kier molecular flexibility index (Phi) is 1.53. The van der Waals surface area contributed by atoms with Gasteiger partial charge in [0.05, 0.1) is 18.2 Å². The van der Waals surface area contributed by atoms with E-state index in [2.05, 4.69) is 6.07 Å². The molecule has 1 atom stereocenters. The molecule has 1 aliphatic heterocycles.